The zero-order valence-corrected chi connectivity index (χ0v) is 10.1. The number of methoxy groups -OCH3 is 1. The highest BCUT2D eigenvalue weighted by Crippen LogP contribution is 2.13. The SMILES string of the molecule is COC(C)COc1ccc(CC(C)O)cc1. The average Bonchev–Trinajstić information content (AvgIpc) is 2.27. The summed E-state index contributed by atoms with van der Waals surface area (Å²) in [6.45, 7) is 4.29. The summed E-state index contributed by atoms with van der Waals surface area (Å²) in [6, 6.07) is 7.78. The molecule has 0 aliphatic rings. The molecule has 0 saturated heterocycles. The number of aliphatic hydroxyl groups is 1. The number of benzene rings is 1. The molecule has 1 rings (SSSR count). The first-order valence-electron chi connectivity index (χ1n) is 5.54. The Morgan fingerprint density at radius 3 is 2.31 bits per heavy atom. The van der Waals surface area contributed by atoms with Crippen LogP contribution in [0.15, 0.2) is 24.3 Å². The molecule has 0 aliphatic heterocycles. The lowest BCUT2D eigenvalue weighted by Crippen LogP contribution is -2.15. The lowest BCUT2D eigenvalue weighted by Gasteiger charge is -2.12. The highest BCUT2D eigenvalue weighted by Gasteiger charge is 2.02. The molecular formula is C13H20O3. The summed E-state index contributed by atoms with van der Waals surface area (Å²) in [6.07, 6.45) is 0.465. The summed E-state index contributed by atoms with van der Waals surface area (Å²) in [4.78, 5) is 0. The zero-order valence-electron chi connectivity index (χ0n) is 10.1. The predicted octanol–water partition coefficient (Wildman–Crippen LogP) is 2.02. The molecule has 16 heavy (non-hydrogen) atoms. The second-order valence-electron chi connectivity index (χ2n) is 4.05. The lowest BCUT2D eigenvalue weighted by atomic mass is 10.1. The number of aliphatic hydroxyl groups excluding tert-OH is 1. The van der Waals surface area contributed by atoms with Crippen molar-refractivity contribution >= 4 is 0 Å². The van der Waals surface area contributed by atoms with Crippen LogP contribution in [0.1, 0.15) is 19.4 Å². The highest BCUT2D eigenvalue weighted by molar-refractivity contribution is 5.27. The van der Waals surface area contributed by atoms with Crippen LogP contribution in [-0.4, -0.2) is 31.0 Å². The first-order chi connectivity index (χ1) is 7.61. The topological polar surface area (TPSA) is 38.7 Å². The van der Waals surface area contributed by atoms with E-state index >= 15 is 0 Å². The van der Waals surface area contributed by atoms with Gasteiger partial charge in [-0.25, -0.2) is 0 Å². The van der Waals surface area contributed by atoms with Gasteiger partial charge >= 0.3 is 0 Å². The van der Waals surface area contributed by atoms with E-state index in [9.17, 15) is 5.11 Å². The van der Waals surface area contributed by atoms with Gasteiger partial charge in [0.25, 0.3) is 0 Å². The Balaban J connectivity index is 2.45. The summed E-state index contributed by atoms with van der Waals surface area (Å²) in [5.74, 6) is 0.832. The fraction of sp³-hybridized carbons (Fsp3) is 0.538. The molecule has 0 heterocycles. The van der Waals surface area contributed by atoms with Gasteiger partial charge in [-0.2, -0.15) is 0 Å². The van der Waals surface area contributed by atoms with Crippen LogP contribution in [0.25, 0.3) is 0 Å². The first-order valence-corrected chi connectivity index (χ1v) is 5.54. The van der Waals surface area contributed by atoms with E-state index in [1.807, 2.05) is 31.2 Å². The van der Waals surface area contributed by atoms with Crippen LogP contribution in [0.5, 0.6) is 5.75 Å². The van der Waals surface area contributed by atoms with Crippen molar-refractivity contribution < 1.29 is 14.6 Å². The first kappa shape index (κ1) is 13.0. The normalized spacial score (nSPS) is 14.5. The Labute approximate surface area is 97.0 Å². The molecule has 2 atom stereocenters. The van der Waals surface area contributed by atoms with E-state index < -0.39 is 0 Å². The molecule has 0 amide bonds. The smallest absolute Gasteiger partial charge is 0.119 e. The third kappa shape index (κ3) is 4.64. The minimum absolute atomic E-state index is 0.0946. The molecule has 1 N–H and O–H groups in total. The minimum Gasteiger partial charge on any atom is -0.491 e. The molecule has 1 aromatic rings. The van der Waals surface area contributed by atoms with Crippen LogP contribution in [0.2, 0.25) is 0 Å². The standard InChI is InChI=1S/C13H20O3/c1-10(14)8-12-4-6-13(7-5-12)16-9-11(2)15-3/h4-7,10-11,14H,8-9H2,1-3H3. The van der Waals surface area contributed by atoms with E-state index in [4.69, 9.17) is 9.47 Å². The monoisotopic (exact) mass is 224 g/mol. The summed E-state index contributed by atoms with van der Waals surface area (Å²) < 4.78 is 10.6. The molecule has 0 fully saturated rings. The lowest BCUT2D eigenvalue weighted by molar-refractivity contribution is 0.0716. The zero-order chi connectivity index (χ0) is 12.0. The van der Waals surface area contributed by atoms with Gasteiger partial charge in [0.15, 0.2) is 0 Å². The van der Waals surface area contributed by atoms with E-state index in [1.54, 1.807) is 14.0 Å². The summed E-state index contributed by atoms with van der Waals surface area (Å²) in [5.41, 5.74) is 1.11. The maximum Gasteiger partial charge on any atom is 0.119 e. The van der Waals surface area contributed by atoms with Gasteiger partial charge in [0.1, 0.15) is 12.4 Å². The summed E-state index contributed by atoms with van der Waals surface area (Å²) in [5, 5.41) is 9.24. The van der Waals surface area contributed by atoms with E-state index in [0.717, 1.165) is 11.3 Å². The van der Waals surface area contributed by atoms with E-state index in [0.29, 0.717) is 13.0 Å². The number of ether oxygens (including phenoxy) is 2. The third-order valence-corrected chi connectivity index (χ3v) is 2.34. The third-order valence-electron chi connectivity index (χ3n) is 2.34. The van der Waals surface area contributed by atoms with Gasteiger partial charge in [0, 0.05) is 7.11 Å². The van der Waals surface area contributed by atoms with Gasteiger partial charge in [-0.15, -0.1) is 0 Å². The molecule has 3 heteroatoms. The average molecular weight is 224 g/mol. The van der Waals surface area contributed by atoms with Crippen molar-refractivity contribution in [2.24, 2.45) is 0 Å². The van der Waals surface area contributed by atoms with Crippen LogP contribution >= 0.6 is 0 Å². The fourth-order valence-electron chi connectivity index (χ4n) is 1.34. The minimum atomic E-state index is -0.305. The highest BCUT2D eigenvalue weighted by atomic mass is 16.5. The largest absolute Gasteiger partial charge is 0.491 e. The van der Waals surface area contributed by atoms with Crippen molar-refractivity contribution in [1.29, 1.82) is 0 Å². The van der Waals surface area contributed by atoms with Crippen LogP contribution in [0, 0.1) is 0 Å². The van der Waals surface area contributed by atoms with Crippen LogP contribution in [0.4, 0.5) is 0 Å². The molecule has 0 spiro atoms. The summed E-state index contributed by atoms with van der Waals surface area (Å²) >= 11 is 0. The van der Waals surface area contributed by atoms with Gasteiger partial charge in [-0.3, -0.25) is 0 Å². The van der Waals surface area contributed by atoms with Crippen LogP contribution < -0.4 is 4.74 Å². The molecule has 90 valence electrons. The van der Waals surface area contributed by atoms with Crippen molar-refractivity contribution in [1.82, 2.24) is 0 Å². The Kier molecular flexibility index (Phi) is 5.29. The van der Waals surface area contributed by atoms with Gasteiger partial charge in [-0.05, 0) is 38.0 Å². The fourth-order valence-corrected chi connectivity index (χ4v) is 1.34. The quantitative estimate of drug-likeness (QED) is 0.803. The Bertz CT molecular complexity index is 293. The summed E-state index contributed by atoms with van der Waals surface area (Å²) in [7, 11) is 1.67. The maximum atomic E-state index is 9.24. The second kappa shape index (κ2) is 6.51. The molecule has 0 radical (unpaired) electrons. The number of rotatable bonds is 6. The van der Waals surface area contributed by atoms with Gasteiger partial charge in [0.2, 0.25) is 0 Å². The Hall–Kier alpha value is -1.06. The van der Waals surface area contributed by atoms with Gasteiger partial charge in [-0.1, -0.05) is 12.1 Å². The predicted molar refractivity (Wildman–Crippen MR) is 63.8 cm³/mol. The molecule has 0 saturated carbocycles. The van der Waals surface area contributed by atoms with Crippen molar-refractivity contribution in [2.75, 3.05) is 13.7 Å². The molecule has 0 aliphatic carbocycles. The van der Waals surface area contributed by atoms with Crippen molar-refractivity contribution in [2.45, 2.75) is 32.5 Å². The molecule has 2 unspecified atom stereocenters. The van der Waals surface area contributed by atoms with Gasteiger partial charge in [0.05, 0.1) is 12.2 Å². The molecular weight excluding hydrogens is 204 g/mol. The van der Waals surface area contributed by atoms with Crippen molar-refractivity contribution in [3.05, 3.63) is 29.8 Å². The van der Waals surface area contributed by atoms with Crippen molar-refractivity contribution in [3.63, 3.8) is 0 Å². The molecule has 1 aromatic carbocycles. The Morgan fingerprint density at radius 2 is 1.81 bits per heavy atom. The maximum absolute atomic E-state index is 9.24. The number of hydrogen-bond acceptors (Lipinski definition) is 3. The molecule has 0 bridgehead atoms. The van der Waals surface area contributed by atoms with Gasteiger partial charge < -0.3 is 14.6 Å². The van der Waals surface area contributed by atoms with E-state index in [-0.39, 0.29) is 12.2 Å². The molecule has 0 aromatic heterocycles. The van der Waals surface area contributed by atoms with E-state index in [1.165, 1.54) is 0 Å². The van der Waals surface area contributed by atoms with Crippen LogP contribution in [-0.2, 0) is 11.2 Å². The van der Waals surface area contributed by atoms with E-state index in [2.05, 4.69) is 0 Å². The Morgan fingerprint density at radius 1 is 1.19 bits per heavy atom. The second-order valence-corrected chi connectivity index (χ2v) is 4.05. The molecule has 3 nitrogen and oxygen atoms in total. The van der Waals surface area contributed by atoms with Crippen LogP contribution in [0.3, 0.4) is 0 Å². The number of hydrogen-bond donors (Lipinski definition) is 1. The van der Waals surface area contributed by atoms with Crippen molar-refractivity contribution in [3.8, 4) is 5.75 Å².